The van der Waals surface area contributed by atoms with E-state index < -0.39 is 10.0 Å². The van der Waals surface area contributed by atoms with Gasteiger partial charge >= 0.3 is 0 Å². The van der Waals surface area contributed by atoms with Crippen molar-refractivity contribution < 1.29 is 8.42 Å². The van der Waals surface area contributed by atoms with Crippen LogP contribution < -0.4 is 4.72 Å². The van der Waals surface area contributed by atoms with E-state index >= 15 is 0 Å². The third kappa shape index (κ3) is 3.12. The van der Waals surface area contributed by atoms with Crippen molar-refractivity contribution in [2.45, 2.75) is 50.5 Å². The molecule has 0 amide bonds. The maximum atomic E-state index is 12.3. The van der Waals surface area contributed by atoms with E-state index in [9.17, 15) is 8.42 Å². The largest absolute Gasteiger partial charge is 0.240 e. The van der Waals surface area contributed by atoms with Crippen molar-refractivity contribution in [1.29, 1.82) is 0 Å². The Hall–Kier alpha value is -0.870. The Bertz CT molecular complexity index is 510. The van der Waals surface area contributed by atoms with Gasteiger partial charge < -0.3 is 0 Å². The van der Waals surface area contributed by atoms with Crippen LogP contribution in [0.3, 0.4) is 0 Å². The summed E-state index contributed by atoms with van der Waals surface area (Å²) in [5, 5.41) is 0. The maximum absolute atomic E-state index is 12.3. The molecule has 2 rings (SSSR count). The summed E-state index contributed by atoms with van der Waals surface area (Å²) < 4.78 is 27.4. The molecule has 0 bridgehead atoms. The quantitative estimate of drug-likeness (QED) is 0.915. The highest BCUT2D eigenvalue weighted by molar-refractivity contribution is 7.89. The van der Waals surface area contributed by atoms with Gasteiger partial charge in [-0.25, -0.2) is 13.1 Å². The molecule has 0 radical (unpaired) electrons. The molecule has 2 atom stereocenters. The van der Waals surface area contributed by atoms with Crippen LogP contribution in [-0.2, 0) is 10.0 Å². The predicted octanol–water partition coefficient (Wildman–Crippen LogP) is 2.85. The molecular formula is C14H21NO2S. The fourth-order valence-electron chi connectivity index (χ4n) is 2.54. The summed E-state index contributed by atoms with van der Waals surface area (Å²) in [5.41, 5.74) is 0.967. The van der Waals surface area contributed by atoms with E-state index in [-0.39, 0.29) is 6.04 Å². The second kappa shape index (κ2) is 5.41. The van der Waals surface area contributed by atoms with Gasteiger partial charge in [0.15, 0.2) is 0 Å². The van der Waals surface area contributed by atoms with Crippen molar-refractivity contribution in [1.82, 2.24) is 4.72 Å². The zero-order valence-corrected chi connectivity index (χ0v) is 11.8. The molecule has 0 saturated heterocycles. The maximum Gasteiger partial charge on any atom is 0.240 e. The topological polar surface area (TPSA) is 46.2 Å². The lowest BCUT2D eigenvalue weighted by Gasteiger charge is -2.29. The molecular weight excluding hydrogens is 246 g/mol. The molecule has 0 unspecified atom stereocenters. The Labute approximate surface area is 110 Å². The molecule has 4 heteroatoms. The number of rotatable bonds is 3. The van der Waals surface area contributed by atoms with Crippen LogP contribution in [0.1, 0.15) is 38.2 Å². The van der Waals surface area contributed by atoms with Crippen molar-refractivity contribution in [3.8, 4) is 0 Å². The van der Waals surface area contributed by atoms with Gasteiger partial charge in [0.25, 0.3) is 0 Å². The molecule has 3 nitrogen and oxygen atoms in total. The molecule has 0 spiro atoms. The van der Waals surface area contributed by atoms with Gasteiger partial charge in [-0.1, -0.05) is 31.9 Å². The number of hydrogen-bond donors (Lipinski definition) is 1. The summed E-state index contributed by atoms with van der Waals surface area (Å²) in [6.07, 6.45) is 4.39. The smallest absolute Gasteiger partial charge is 0.208 e. The Morgan fingerprint density at radius 3 is 2.61 bits per heavy atom. The molecule has 1 saturated carbocycles. The lowest BCUT2D eigenvalue weighted by Crippen LogP contribution is -2.40. The molecule has 1 aliphatic carbocycles. The fraction of sp³-hybridized carbons (Fsp3) is 0.571. The van der Waals surface area contributed by atoms with Crippen molar-refractivity contribution in [3.63, 3.8) is 0 Å². The summed E-state index contributed by atoms with van der Waals surface area (Å²) in [6.45, 7) is 4.03. The highest BCUT2D eigenvalue weighted by Gasteiger charge is 2.26. The highest BCUT2D eigenvalue weighted by atomic mass is 32.2. The predicted molar refractivity (Wildman–Crippen MR) is 72.9 cm³/mol. The first-order chi connectivity index (χ1) is 8.49. The lowest BCUT2D eigenvalue weighted by molar-refractivity contribution is 0.310. The average molecular weight is 267 g/mol. The van der Waals surface area contributed by atoms with Gasteiger partial charge in [0.05, 0.1) is 4.90 Å². The van der Waals surface area contributed by atoms with Crippen molar-refractivity contribution >= 4 is 10.0 Å². The minimum atomic E-state index is -3.37. The zero-order chi connectivity index (χ0) is 13.2. The normalized spacial score (nSPS) is 25.0. The standard InChI is InChI=1S/C14H21NO2S/c1-11-6-5-8-13(10-11)18(16,17)15-14-9-4-3-7-12(14)2/h5-6,8,10,12,14-15H,3-4,7,9H2,1-2H3/t12-,14-/m1/s1. The first-order valence-electron chi connectivity index (χ1n) is 6.58. The van der Waals surface area contributed by atoms with Crippen LogP contribution in [0.25, 0.3) is 0 Å². The summed E-state index contributed by atoms with van der Waals surface area (Å²) in [7, 11) is -3.37. The molecule has 1 aromatic rings. The second-order valence-electron chi connectivity index (χ2n) is 5.31. The van der Waals surface area contributed by atoms with Gasteiger partial charge in [-0.2, -0.15) is 0 Å². The average Bonchev–Trinajstić information content (AvgIpc) is 2.32. The minimum Gasteiger partial charge on any atom is -0.208 e. The molecule has 0 aliphatic heterocycles. The van der Waals surface area contributed by atoms with Gasteiger partial charge in [0.1, 0.15) is 0 Å². The number of sulfonamides is 1. The number of hydrogen-bond acceptors (Lipinski definition) is 2. The van der Waals surface area contributed by atoms with Crippen LogP contribution in [0, 0.1) is 12.8 Å². The Balaban J connectivity index is 2.16. The van der Waals surface area contributed by atoms with Gasteiger partial charge in [-0.15, -0.1) is 0 Å². The molecule has 18 heavy (non-hydrogen) atoms. The molecule has 1 N–H and O–H groups in total. The third-order valence-corrected chi connectivity index (χ3v) is 5.21. The number of aryl methyl sites for hydroxylation is 1. The summed E-state index contributed by atoms with van der Waals surface area (Å²) in [6, 6.07) is 7.15. The third-order valence-electron chi connectivity index (χ3n) is 3.72. The Kier molecular flexibility index (Phi) is 4.07. The van der Waals surface area contributed by atoms with Crippen molar-refractivity contribution in [3.05, 3.63) is 29.8 Å². The van der Waals surface area contributed by atoms with E-state index in [0.717, 1.165) is 24.8 Å². The number of benzene rings is 1. The summed E-state index contributed by atoms with van der Waals surface area (Å²) >= 11 is 0. The molecule has 100 valence electrons. The second-order valence-corrected chi connectivity index (χ2v) is 7.02. The summed E-state index contributed by atoms with van der Waals surface area (Å²) in [4.78, 5) is 0.375. The molecule has 1 aliphatic rings. The van der Waals surface area contributed by atoms with E-state index in [1.165, 1.54) is 6.42 Å². The van der Waals surface area contributed by atoms with Gasteiger partial charge in [0.2, 0.25) is 10.0 Å². The first kappa shape index (κ1) is 13.6. The monoisotopic (exact) mass is 267 g/mol. The van der Waals surface area contributed by atoms with Gasteiger partial charge in [-0.05, 0) is 43.4 Å². The lowest BCUT2D eigenvalue weighted by atomic mass is 9.87. The van der Waals surface area contributed by atoms with Crippen LogP contribution in [0.2, 0.25) is 0 Å². The Morgan fingerprint density at radius 1 is 1.22 bits per heavy atom. The molecule has 1 aromatic carbocycles. The Morgan fingerprint density at radius 2 is 1.94 bits per heavy atom. The minimum absolute atomic E-state index is 0.0873. The van der Waals surface area contributed by atoms with Gasteiger partial charge in [0, 0.05) is 6.04 Å². The van der Waals surface area contributed by atoms with E-state index in [4.69, 9.17) is 0 Å². The molecule has 0 aromatic heterocycles. The van der Waals surface area contributed by atoms with E-state index in [0.29, 0.717) is 10.8 Å². The van der Waals surface area contributed by atoms with E-state index in [1.807, 2.05) is 13.0 Å². The fourth-order valence-corrected chi connectivity index (χ4v) is 4.02. The van der Waals surface area contributed by atoms with Crippen LogP contribution in [0.15, 0.2) is 29.2 Å². The molecule has 1 fully saturated rings. The zero-order valence-electron chi connectivity index (χ0n) is 11.0. The van der Waals surface area contributed by atoms with Gasteiger partial charge in [-0.3, -0.25) is 0 Å². The van der Waals surface area contributed by atoms with E-state index in [1.54, 1.807) is 18.2 Å². The van der Waals surface area contributed by atoms with Crippen LogP contribution >= 0.6 is 0 Å². The van der Waals surface area contributed by atoms with Crippen LogP contribution in [-0.4, -0.2) is 14.5 Å². The highest BCUT2D eigenvalue weighted by Crippen LogP contribution is 2.25. The molecule has 0 heterocycles. The van der Waals surface area contributed by atoms with Crippen LogP contribution in [0.5, 0.6) is 0 Å². The summed E-state index contributed by atoms with van der Waals surface area (Å²) in [5.74, 6) is 0.429. The number of nitrogens with one attached hydrogen (secondary N) is 1. The van der Waals surface area contributed by atoms with Crippen molar-refractivity contribution in [2.75, 3.05) is 0 Å². The van der Waals surface area contributed by atoms with Crippen molar-refractivity contribution in [2.24, 2.45) is 5.92 Å². The SMILES string of the molecule is Cc1cccc(S(=O)(=O)N[C@@H]2CCCC[C@H]2C)c1. The van der Waals surface area contributed by atoms with E-state index in [2.05, 4.69) is 11.6 Å². The van der Waals surface area contributed by atoms with Crippen LogP contribution in [0.4, 0.5) is 0 Å². The first-order valence-corrected chi connectivity index (χ1v) is 8.06.